The number of Topliss-reactive ketones (excluding diaryl/α,β-unsaturated/α-hetero) is 1. The van der Waals surface area contributed by atoms with Crippen LogP contribution in [0.3, 0.4) is 0 Å². The number of carbonyl (C=O) groups excluding carboxylic acids is 1. The van der Waals surface area contributed by atoms with Crippen LogP contribution < -0.4 is 4.74 Å². The molecule has 0 fully saturated rings. The largest absolute Gasteiger partial charge is 0.492 e. The van der Waals surface area contributed by atoms with Gasteiger partial charge in [0.25, 0.3) is 0 Å². The van der Waals surface area contributed by atoms with Crippen molar-refractivity contribution in [2.24, 2.45) is 0 Å². The van der Waals surface area contributed by atoms with Crippen LogP contribution in [0.5, 0.6) is 5.75 Å². The van der Waals surface area contributed by atoms with Crippen LogP contribution in [0.25, 0.3) is 0 Å². The number of rotatable bonds is 2. The summed E-state index contributed by atoms with van der Waals surface area (Å²) in [5, 5.41) is 0. The van der Waals surface area contributed by atoms with E-state index >= 15 is 0 Å². The Morgan fingerprint density at radius 3 is 2.68 bits per heavy atom. The Morgan fingerprint density at radius 2 is 1.89 bits per heavy atom. The van der Waals surface area contributed by atoms with Crippen molar-refractivity contribution in [3.05, 3.63) is 64.7 Å². The van der Waals surface area contributed by atoms with Gasteiger partial charge in [-0.1, -0.05) is 30.3 Å². The Labute approximate surface area is 113 Å². The van der Waals surface area contributed by atoms with Crippen molar-refractivity contribution in [3.63, 3.8) is 0 Å². The molecule has 0 saturated carbocycles. The minimum atomic E-state index is -0.168. The molecule has 0 amide bonds. The van der Waals surface area contributed by atoms with Crippen molar-refractivity contribution in [2.75, 3.05) is 6.61 Å². The van der Waals surface area contributed by atoms with E-state index in [0.717, 1.165) is 22.4 Å². The summed E-state index contributed by atoms with van der Waals surface area (Å²) in [4.78, 5) is 12.6. The Kier molecular flexibility index (Phi) is 2.86. The Hall–Kier alpha value is -2.09. The SMILES string of the molecule is Cc1ccc(C(=O)C2COc3ccccc32)cc1C. The molecule has 2 nitrogen and oxygen atoms in total. The second-order valence-electron chi connectivity index (χ2n) is 5.06. The lowest BCUT2D eigenvalue weighted by Crippen LogP contribution is -2.14. The molecule has 1 atom stereocenters. The minimum Gasteiger partial charge on any atom is -0.492 e. The molecule has 3 rings (SSSR count). The normalized spacial score (nSPS) is 16.8. The van der Waals surface area contributed by atoms with Gasteiger partial charge in [0.15, 0.2) is 5.78 Å². The third-order valence-electron chi connectivity index (χ3n) is 3.81. The van der Waals surface area contributed by atoms with Crippen LogP contribution in [0.2, 0.25) is 0 Å². The van der Waals surface area contributed by atoms with Gasteiger partial charge in [0, 0.05) is 11.1 Å². The number of para-hydroxylation sites is 1. The van der Waals surface area contributed by atoms with Gasteiger partial charge in [0.05, 0.1) is 5.92 Å². The summed E-state index contributed by atoms with van der Waals surface area (Å²) >= 11 is 0. The fraction of sp³-hybridized carbons (Fsp3) is 0.235. The molecule has 0 aromatic heterocycles. The molecule has 19 heavy (non-hydrogen) atoms. The second-order valence-corrected chi connectivity index (χ2v) is 5.06. The molecule has 2 aromatic carbocycles. The van der Waals surface area contributed by atoms with Gasteiger partial charge in [-0.3, -0.25) is 4.79 Å². The molecule has 1 aliphatic heterocycles. The molecule has 0 saturated heterocycles. The molecule has 0 N–H and O–H groups in total. The highest BCUT2D eigenvalue weighted by Crippen LogP contribution is 2.35. The molecule has 0 spiro atoms. The predicted octanol–water partition coefficient (Wildman–Crippen LogP) is 3.66. The lowest BCUT2D eigenvalue weighted by Gasteiger charge is -2.09. The molecule has 1 heterocycles. The minimum absolute atomic E-state index is 0.146. The van der Waals surface area contributed by atoms with Gasteiger partial charge in [-0.15, -0.1) is 0 Å². The third kappa shape index (κ3) is 2.03. The number of benzene rings is 2. The Morgan fingerprint density at radius 1 is 1.11 bits per heavy atom. The average Bonchev–Trinajstić information content (AvgIpc) is 2.85. The highest BCUT2D eigenvalue weighted by molar-refractivity contribution is 6.02. The van der Waals surface area contributed by atoms with Crippen LogP contribution in [0.4, 0.5) is 0 Å². The fourth-order valence-corrected chi connectivity index (χ4v) is 2.48. The summed E-state index contributed by atoms with van der Waals surface area (Å²) in [6.07, 6.45) is 0. The van der Waals surface area contributed by atoms with Gasteiger partial charge >= 0.3 is 0 Å². The number of hydrogen-bond acceptors (Lipinski definition) is 2. The quantitative estimate of drug-likeness (QED) is 0.762. The number of carbonyl (C=O) groups is 1. The highest BCUT2D eigenvalue weighted by atomic mass is 16.5. The number of ether oxygens (including phenoxy) is 1. The molecule has 1 aliphatic rings. The monoisotopic (exact) mass is 252 g/mol. The summed E-state index contributed by atoms with van der Waals surface area (Å²) in [5.74, 6) is 0.816. The summed E-state index contributed by atoms with van der Waals surface area (Å²) < 4.78 is 5.59. The lowest BCUT2D eigenvalue weighted by molar-refractivity contribution is 0.0947. The molecule has 1 unspecified atom stereocenters. The summed E-state index contributed by atoms with van der Waals surface area (Å²) in [6, 6.07) is 13.7. The van der Waals surface area contributed by atoms with Gasteiger partial charge in [0.2, 0.25) is 0 Å². The zero-order valence-electron chi connectivity index (χ0n) is 11.1. The maximum atomic E-state index is 12.6. The molecule has 0 bridgehead atoms. The predicted molar refractivity (Wildman–Crippen MR) is 74.9 cm³/mol. The van der Waals surface area contributed by atoms with Gasteiger partial charge in [0.1, 0.15) is 12.4 Å². The molecule has 0 aliphatic carbocycles. The fourth-order valence-electron chi connectivity index (χ4n) is 2.48. The van der Waals surface area contributed by atoms with Crippen LogP contribution in [-0.2, 0) is 0 Å². The van der Waals surface area contributed by atoms with Gasteiger partial charge < -0.3 is 4.74 Å². The number of ketones is 1. The number of hydrogen-bond donors (Lipinski definition) is 0. The second kappa shape index (κ2) is 4.54. The molecule has 2 aromatic rings. The van der Waals surface area contributed by atoms with E-state index in [1.807, 2.05) is 49.4 Å². The summed E-state index contributed by atoms with van der Waals surface area (Å²) in [5.41, 5.74) is 4.14. The van der Waals surface area contributed by atoms with E-state index < -0.39 is 0 Å². The van der Waals surface area contributed by atoms with Crippen molar-refractivity contribution in [1.29, 1.82) is 0 Å². The van der Waals surface area contributed by atoms with Gasteiger partial charge in [-0.2, -0.15) is 0 Å². The van der Waals surface area contributed by atoms with Crippen LogP contribution in [-0.4, -0.2) is 12.4 Å². The molecule has 2 heteroatoms. The van der Waals surface area contributed by atoms with Crippen LogP contribution >= 0.6 is 0 Å². The van der Waals surface area contributed by atoms with E-state index in [1.54, 1.807) is 0 Å². The van der Waals surface area contributed by atoms with E-state index in [1.165, 1.54) is 5.56 Å². The smallest absolute Gasteiger partial charge is 0.173 e. The highest BCUT2D eigenvalue weighted by Gasteiger charge is 2.30. The third-order valence-corrected chi connectivity index (χ3v) is 3.81. The topological polar surface area (TPSA) is 26.3 Å². The van der Waals surface area contributed by atoms with E-state index in [9.17, 15) is 4.79 Å². The summed E-state index contributed by atoms with van der Waals surface area (Å²) in [7, 11) is 0. The van der Waals surface area contributed by atoms with Gasteiger partial charge in [-0.05, 0) is 37.1 Å². The van der Waals surface area contributed by atoms with Crippen LogP contribution in [0.1, 0.15) is 33.0 Å². The van der Waals surface area contributed by atoms with Crippen molar-refractivity contribution in [3.8, 4) is 5.75 Å². The van der Waals surface area contributed by atoms with Crippen molar-refractivity contribution in [1.82, 2.24) is 0 Å². The van der Waals surface area contributed by atoms with Crippen molar-refractivity contribution in [2.45, 2.75) is 19.8 Å². The standard InChI is InChI=1S/C17H16O2/c1-11-7-8-13(9-12(11)2)17(18)15-10-19-16-6-4-3-5-14(15)16/h3-9,15H,10H2,1-2H3. The van der Waals surface area contributed by atoms with Crippen LogP contribution in [0, 0.1) is 13.8 Å². The van der Waals surface area contributed by atoms with Gasteiger partial charge in [-0.25, -0.2) is 0 Å². The van der Waals surface area contributed by atoms with E-state index in [0.29, 0.717) is 6.61 Å². The van der Waals surface area contributed by atoms with Crippen molar-refractivity contribution >= 4 is 5.78 Å². The van der Waals surface area contributed by atoms with Crippen LogP contribution in [0.15, 0.2) is 42.5 Å². The Bertz CT molecular complexity index is 643. The number of fused-ring (bicyclic) bond motifs is 1. The van der Waals surface area contributed by atoms with Crippen molar-refractivity contribution < 1.29 is 9.53 Å². The maximum Gasteiger partial charge on any atom is 0.173 e. The van der Waals surface area contributed by atoms with E-state index in [-0.39, 0.29) is 11.7 Å². The molecular formula is C17H16O2. The molecular weight excluding hydrogens is 236 g/mol. The molecule has 96 valence electrons. The maximum absolute atomic E-state index is 12.6. The van der Waals surface area contributed by atoms with E-state index in [2.05, 4.69) is 6.92 Å². The molecule has 0 radical (unpaired) electrons. The zero-order valence-corrected chi connectivity index (χ0v) is 11.1. The number of aryl methyl sites for hydroxylation is 2. The first-order chi connectivity index (χ1) is 9.16. The Balaban J connectivity index is 1.95. The van der Waals surface area contributed by atoms with E-state index in [4.69, 9.17) is 4.74 Å². The zero-order chi connectivity index (χ0) is 13.4. The average molecular weight is 252 g/mol. The summed E-state index contributed by atoms with van der Waals surface area (Å²) in [6.45, 7) is 4.54. The first kappa shape index (κ1) is 12.0. The first-order valence-corrected chi connectivity index (χ1v) is 6.50. The lowest BCUT2D eigenvalue weighted by atomic mass is 9.91. The first-order valence-electron chi connectivity index (χ1n) is 6.50.